The Labute approximate surface area is 114 Å². The summed E-state index contributed by atoms with van der Waals surface area (Å²) in [7, 11) is 0. The van der Waals surface area contributed by atoms with Crippen molar-refractivity contribution in [1.29, 1.82) is 0 Å². The Morgan fingerprint density at radius 3 is 2.68 bits per heavy atom. The van der Waals surface area contributed by atoms with E-state index in [4.69, 9.17) is 0 Å². The number of hydrogen-bond donors (Lipinski definition) is 1. The van der Waals surface area contributed by atoms with E-state index in [2.05, 4.69) is 16.7 Å². The van der Waals surface area contributed by atoms with E-state index in [1.54, 1.807) is 12.1 Å². The molecule has 19 heavy (non-hydrogen) atoms. The molecule has 1 aromatic rings. The van der Waals surface area contributed by atoms with Crippen molar-refractivity contribution < 1.29 is 9.50 Å². The second-order valence-electron chi connectivity index (χ2n) is 5.59. The molecule has 0 bridgehead atoms. The zero-order valence-corrected chi connectivity index (χ0v) is 11.5. The monoisotopic (exact) mass is 261 g/mol. The average Bonchev–Trinajstić information content (AvgIpc) is 2.80. The van der Waals surface area contributed by atoms with Crippen LogP contribution in [0.15, 0.2) is 24.3 Å². The second-order valence-corrected chi connectivity index (χ2v) is 5.59. The Bertz CT molecular complexity index is 478. The maximum absolute atomic E-state index is 12.8. The molecular formula is C16H20FNO. The molecular weight excluding hydrogens is 241 g/mol. The minimum Gasteiger partial charge on any atom is -0.389 e. The van der Waals surface area contributed by atoms with Gasteiger partial charge in [0.2, 0.25) is 0 Å². The molecule has 3 heteroatoms. The number of likely N-dealkylation sites (tertiary alicyclic amines) is 1. The van der Waals surface area contributed by atoms with E-state index in [1.807, 2.05) is 13.8 Å². The van der Waals surface area contributed by atoms with Crippen LogP contribution in [0.25, 0.3) is 0 Å². The maximum atomic E-state index is 12.8. The number of nitrogens with zero attached hydrogens (tertiary/aromatic N) is 1. The largest absolute Gasteiger partial charge is 0.389 e. The lowest BCUT2D eigenvalue weighted by atomic mass is 9.97. The number of halogens is 1. The minimum absolute atomic E-state index is 0.176. The predicted octanol–water partition coefficient (Wildman–Crippen LogP) is 2.41. The SMILES string of the molecule is CC(C)(O)C1CCCN1CC#Cc1ccc(F)cc1. The van der Waals surface area contributed by atoms with Gasteiger partial charge in [-0.1, -0.05) is 11.8 Å². The van der Waals surface area contributed by atoms with Gasteiger partial charge in [-0.15, -0.1) is 0 Å². The molecule has 2 nitrogen and oxygen atoms in total. The third-order valence-electron chi connectivity index (χ3n) is 3.54. The van der Waals surface area contributed by atoms with E-state index < -0.39 is 5.60 Å². The molecule has 0 saturated carbocycles. The van der Waals surface area contributed by atoms with Crippen LogP contribution in [0.5, 0.6) is 0 Å². The van der Waals surface area contributed by atoms with Crippen LogP contribution in [0, 0.1) is 17.7 Å². The quantitative estimate of drug-likeness (QED) is 0.826. The molecule has 1 atom stereocenters. The molecule has 1 aliphatic rings. The zero-order valence-electron chi connectivity index (χ0n) is 11.5. The molecule has 2 rings (SSSR count). The molecule has 0 radical (unpaired) electrons. The summed E-state index contributed by atoms with van der Waals surface area (Å²) in [6, 6.07) is 6.37. The van der Waals surface area contributed by atoms with Gasteiger partial charge in [-0.3, -0.25) is 4.90 Å². The third-order valence-corrected chi connectivity index (χ3v) is 3.54. The van der Waals surface area contributed by atoms with Crippen LogP contribution in [-0.4, -0.2) is 34.7 Å². The van der Waals surface area contributed by atoms with E-state index in [1.165, 1.54) is 12.1 Å². The van der Waals surface area contributed by atoms with Crippen LogP contribution in [0.1, 0.15) is 32.3 Å². The van der Waals surface area contributed by atoms with Crippen LogP contribution in [0.3, 0.4) is 0 Å². The summed E-state index contributed by atoms with van der Waals surface area (Å²) >= 11 is 0. The first kappa shape index (κ1) is 14.0. The lowest BCUT2D eigenvalue weighted by Crippen LogP contribution is -2.45. The maximum Gasteiger partial charge on any atom is 0.123 e. The molecule has 1 heterocycles. The topological polar surface area (TPSA) is 23.5 Å². The second kappa shape index (κ2) is 5.73. The zero-order chi connectivity index (χ0) is 13.9. The highest BCUT2D eigenvalue weighted by Crippen LogP contribution is 2.25. The first-order valence-electron chi connectivity index (χ1n) is 6.68. The summed E-state index contributed by atoms with van der Waals surface area (Å²) in [4.78, 5) is 2.22. The standard InChI is InChI=1S/C16H20FNO/c1-16(2,19)15-6-4-12-18(15)11-3-5-13-7-9-14(17)10-8-13/h7-10,15,19H,4,6,11-12H2,1-2H3. The number of hydrogen-bond acceptors (Lipinski definition) is 2. The summed E-state index contributed by atoms with van der Waals surface area (Å²) in [5, 5.41) is 10.1. The van der Waals surface area contributed by atoms with Crippen LogP contribution < -0.4 is 0 Å². The van der Waals surface area contributed by atoms with E-state index in [0.717, 1.165) is 24.9 Å². The number of benzene rings is 1. The van der Waals surface area contributed by atoms with Crippen molar-refractivity contribution in [3.63, 3.8) is 0 Å². The van der Waals surface area contributed by atoms with Crippen molar-refractivity contribution in [2.45, 2.75) is 38.3 Å². The summed E-state index contributed by atoms with van der Waals surface area (Å²) < 4.78 is 12.8. The van der Waals surface area contributed by atoms with Gasteiger partial charge in [-0.2, -0.15) is 0 Å². The van der Waals surface area contributed by atoms with Gasteiger partial charge in [-0.05, 0) is 57.5 Å². The lowest BCUT2D eigenvalue weighted by molar-refractivity contribution is 0.00200. The van der Waals surface area contributed by atoms with Gasteiger partial charge in [0.05, 0.1) is 12.1 Å². The third kappa shape index (κ3) is 3.79. The minimum atomic E-state index is -0.686. The lowest BCUT2D eigenvalue weighted by Gasteiger charge is -2.32. The Morgan fingerprint density at radius 2 is 2.05 bits per heavy atom. The highest BCUT2D eigenvalue weighted by molar-refractivity contribution is 5.34. The highest BCUT2D eigenvalue weighted by Gasteiger charge is 2.35. The molecule has 1 N–H and O–H groups in total. The summed E-state index contributed by atoms with van der Waals surface area (Å²) in [5.41, 5.74) is 0.133. The van der Waals surface area contributed by atoms with Gasteiger partial charge in [0, 0.05) is 11.6 Å². The van der Waals surface area contributed by atoms with Crippen molar-refractivity contribution in [3.05, 3.63) is 35.6 Å². The molecule has 1 aliphatic heterocycles. The van der Waals surface area contributed by atoms with Crippen LogP contribution in [0.4, 0.5) is 4.39 Å². The van der Waals surface area contributed by atoms with Crippen molar-refractivity contribution in [2.75, 3.05) is 13.1 Å². The fraction of sp³-hybridized carbons (Fsp3) is 0.500. The fourth-order valence-electron chi connectivity index (χ4n) is 2.59. The molecule has 1 unspecified atom stereocenters. The van der Waals surface area contributed by atoms with Crippen molar-refractivity contribution in [1.82, 2.24) is 4.90 Å². The van der Waals surface area contributed by atoms with E-state index in [-0.39, 0.29) is 11.9 Å². The summed E-state index contributed by atoms with van der Waals surface area (Å²) in [6.07, 6.45) is 2.12. The van der Waals surface area contributed by atoms with Crippen molar-refractivity contribution in [3.8, 4) is 11.8 Å². The Kier molecular flexibility index (Phi) is 4.24. The van der Waals surface area contributed by atoms with E-state index in [9.17, 15) is 9.50 Å². The van der Waals surface area contributed by atoms with Crippen molar-refractivity contribution in [2.24, 2.45) is 0 Å². The van der Waals surface area contributed by atoms with Gasteiger partial charge in [0.25, 0.3) is 0 Å². The van der Waals surface area contributed by atoms with Gasteiger partial charge in [0.15, 0.2) is 0 Å². The smallest absolute Gasteiger partial charge is 0.123 e. The fourth-order valence-corrected chi connectivity index (χ4v) is 2.59. The van der Waals surface area contributed by atoms with E-state index >= 15 is 0 Å². The van der Waals surface area contributed by atoms with Gasteiger partial charge in [0.1, 0.15) is 5.82 Å². The Morgan fingerprint density at radius 1 is 1.37 bits per heavy atom. The van der Waals surface area contributed by atoms with Crippen LogP contribution in [-0.2, 0) is 0 Å². The first-order chi connectivity index (χ1) is 8.97. The first-order valence-corrected chi connectivity index (χ1v) is 6.68. The molecule has 1 fully saturated rings. The van der Waals surface area contributed by atoms with Crippen molar-refractivity contribution >= 4 is 0 Å². The highest BCUT2D eigenvalue weighted by atomic mass is 19.1. The molecule has 1 saturated heterocycles. The number of rotatable bonds is 2. The molecule has 102 valence electrons. The normalized spacial score (nSPS) is 20.1. The number of aliphatic hydroxyl groups is 1. The molecule has 0 aliphatic carbocycles. The predicted molar refractivity (Wildman–Crippen MR) is 74.2 cm³/mol. The van der Waals surface area contributed by atoms with Gasteiger partial charge in [-0.25, -0.2) is 4.39 Å². The summed E-state index contributed by atoms with van der Waals surface area (Å²) in [5.74, 6) is 5.89. The molecule has 0 amide bonds. The summed E-state index contributed by atoms with van der Waals surface area (Å²) in [6.45, 7) is 5.32. The van der Waals surface area contributed by atoms with Gasteiger partial charge >= 0.3 is 0 Å². The van der Waals surface area contributed by atoms with Gasteiger partial charge < -0.3 is 5.11 Å². The average molecular weight is 261 g/mol. The Balaban J connectivity index is 1.97. The molecule has 0 aromatic heterocycles. The molecule has 1 aromatic carbocycles. The van der Waals surface area contributed by atoms with E-state index in [0.29, 0.717) is 6.54 Å². The Hall–Kier alpha value is -1.37. The van der Waals surface area contributed by atoms with Crippen LogP contribution >= 0.6 is 0 Å². The molecule has 0 spiro atoms. The van der Waals surface area contributed by atoms with Crippen LogP contribution in [0.2, 0.25) is 0 Å².